The second-order valence-corrected chi connectivity index (χ2v) is 8.69. The lowest BCUT2D eigenvalue weighted by Gasteiger charge is -2.26. The van der Waals surface area contributed by atoms with E-state index in [9.17, 15) is 4.79 Å². The van der Waals surface area contributed by atoms with E-state index in [1.54, 1.807) is 23.5 Å². The van der Waals surface area contributed by atoms with E-state index in [2.05, 4.69) is 11.0 Å². The van der Waals surface area contributed by atoms with E-state index in [0.717, 1.165) is 63.9 Å². The molecule has 150 valence electrons. The van der Waals surface area contributed by atoms with Crippen molar-refractivity contribution in [1.82, 2.24) is 9.80 Å². The highest BCUT2D eigenvalue weighted by Gasteiger charge is 2.24. The molecule has 2 aromatic rings. The van der Waals surface area contributed by atoms with Crippen LogP contribution in [-0.2, 0) is 17.7 Å². The SMILES string of the molecule is O=C(c1cccc(Cl)c1)N1CCc2cc(OCCCN3CCOCC3)sc2C1. The summed E-state index contributed by atoms with van der Waals surface area (Å²) in [6, 6.07) is 9.31. The maximum absolute atomic E-state index is 12.8. The maximum atomic E-state index is 12.8. The van der Waals surface area contributed by atoms with Crippen LogP contribution in [-0.4, -0.2) is 61.7 Å². The lowest BCUT2D eigenvalue weighted by molar-refractivity contribution is 0.0358. The molecule has 2 aliphatic rings. The average molecular weight is 421 g/mol. The molecule has 1 fully saturated rings. The molecular weight excluding hydrogens is 396 g/mol. The molecule has 0 saturated carbocycles. The van der Waals surface area contributed by atoms with Crippen LogP contribution in [0.15, 0.2) is 30.3 Å². The van der Waals surface area contributed by atoms with Gasteiger partial charge < -0.3 is 14.4 Å². The van der Waals surface area contributed by atoms with Gasteiger partial charge in [0.05, 0.1) is 26.4 Å². The molecule has 1 aromatic carbocycles. The molecule has 0 bridgehead atoms. The van der Waals surface area contributed by atoms with Crippen LogP contribution >= 0.6 is 22.9 Å². The van der Waals surface area contributed by atoms with Crippen molar-refractivity contribution in [2.45, 2.75) is 19.4 Å². The summed E-state index contributed by atoms with van der Waals surface area (Å²) in [5.41, 5.74) is 1.95. The number of rotatable bonds is 6. The topological polar surface area (TPSA) is 42.0 Å². The molecule has 7 heteroatoms. The lowest BCUT2D eigenvalue weighted by Crippen LogP contribution is -2.37. The number of halogens is 1. The van der Waals surface area contributed by atoms with Gasteiger partial charge in [-0.05, 0) is 42.7 Å². The number of thiophene rings is 1. The molecular formula is C21H25ClN2O3S. The Morgan fingerprint density at radius 1 is 1.21 bits per heavy atom. The molecule has 0 aliphatic carbocycles. The predicted octanol–water partition coefficient (Wildman–Crippen LogP) is 3.70. The fraction of sp³-hybridized carbons (Fsp3) is 0.476. The number of carbonyl (C=O) groups is 1. The Morgan fingerprint density at radius 3 is 2.89 bits per heavy atom. The molecule has 28 heavy (non-hydrogen) atoms. The second kappa shape index (κ2) is 9.27. The van der Waals surface area contributed by atoms with E-state index in [1.807, 2.05) is 17.0 Å². The van der Waals surface area contributed by atoms with Gasteiger partial charge in [-0.3, -0.25) is 9.69 Å². The summed E-state index contributed by atoms with van der Waals surface area (Å²) in [7, 11) is 0. The Labute approximate surface area is 174 Å². The number of ether oxygens (including phenoxy) is 2. The van der Waals surface area contributed by atoms with E-state index < -0.39 is 0 Å². The van der Waals surface area contributed by atoms with Crippen LogP contribution in [0, 0.1) is 0 Å². The van der Waals surface area contributed by atoms with Gasteiger partial charge in [0, 0.05) is 41.6 Å². The summed E-state index contributed by atoms with van der Waals surface area (Å²) in [6.07, 6.45) is 1.89. The Kier molecular flexibility index (Phi) is 6.52. The molecule has 0 unspecified atom stereocenters. The first-order chi connectivity index (χ1) is 13.7. The smallest absolute Gasteiger partial charge is 0.254 e. The van der Waals surface area contributed by atoms with E-state index in [1.165, 1.54) is 10.4 Å². The van der Waals surface area contributed by atoms with Crippen LogP contribution in [0.5, 0.6) is 5.06 Å². The first-order valence-corrected chi connectivity index (χ1v) is 11.0. The third-order valence-corrected chi connectivity index (χ3v) is 6.49. The van der Waals surface area contributed by atoms with E-state index in [-0.39, 0.29) is 5.91 Å². The van der Waals surface area contributed by atoms with Crippen molar-refractivity contribution >= 4 is 28.8 Å². The first kappa shape index (κ1) is 19.7. The van der Waals surface area contributed by atoms with Gasteiger partial charge in [0.1, 0.15) is 0 Å². The molecule has 1 saturated heterocycles. The summed E-state index contributed by atoms with van der Waals surface area (Å²) in [5, 5.41) is 1.55. The first-order valence-electron chi connectivity index (χ1n) is 9.78. The number of nitrogens with zero attached hydrogens (tertiary/aromatic N) is 2. The molecule has 1 amide bonds. The van der Waals surface area contributed by atoms with Crippen LogP contribution in [0.1, 0.15) is 27.2 Å². The van der Waals surface area contributed by atoms with Gasteiger partial charge in [-0.1, -0.05) is 17.7 Å². The highest BCUT2D eigenvalue weighted by atomic mass is 35.5. The fourth-order valence-electron chi connectivity index (χ4n) is 3.63. The number of morpholine rings is 1. The standard InChI is InChI=1S/C21H25ClN2O3S/c22-18-4-1-3-17(13-18)21(25)24-7-5-16-14-20(28-19(16)15-24)27-10-2-6-23-8-11-26-12-9-23/h1,3-4,13-14H,2,5-12,15H2. The summed E-state index contributed by atoms with van der Waals surface area (Å²) >= 11 is 7.69. The quantitative estimate of drug-likeness (QED) is 0.668. The molecule has 3 heterocycles. The normalized spacial score (nSPS) is 17.4. The number of benzene rings is 1. The average Bonchev–Trinajstić information content (AvgIpc) is 3.13. The van der Waals surface area contributed by atoms with Gasteiger partial charge in [0.15, 0.2) is 5.06 Å². The monoisotopic (exact) mass is 420 g/mol. The Hall–Kier alpha value is -1.60. The van der Waals surface area contributed by atoms with Gasteiger partial charge in [0.2, 0.25) is 0 Å². The number of fused-ring (bicyclic) bond motifs is 1. The summed E-state index contributed by atoms with van der Waals surface area (Å²) in [4.78, 5) is 18.3. The molecule has 0 radical (unpaired) electrons. The van der Waals surface area contributed by atoms with Gasteiger partial charge >= 0.3 is 0 Å². The zero-order valence-electron chi connectivity index (χ0n) is 15.9. The van der Waals surface area contributed by atoms with Crippen molar-refractivity contribution < 1.29 is 14.3 Å². The number of amides is 1. The number of hydrogen-bond donors (Lipinski definition) is 0. The van der Waals surface area contributed by atoms with Gasteiger partial charge in [-0.2, -0.15) is 0 Å². The molecule has 0 atom stereocenters. The molecule has 5 nitrogen and oxygen atoms in total. The Bertz CT molecular complexity index is 820. The van der Waals surface area contributed by atoms with Crippen LogP contribution < -0.4 is 4.74 Å². The highest BCUT2D eigenvalue weighted by molar-refractivity contribution is 7.14. The van der Waals surface area contributed by atoms with Crippen LogP contribution in [0.3, 0.4) is 0 Å². The minimum Gasteiger partial charge on any atom is -0.484 e. The van der Waals surface area contributed by atoms with Crippen molar-refractivity contribution in [2.75, 3.05) is 46.0 Å². The summed E-state index contributed by atoms with van der Waals surface area (Å²) < 4.78 is 11.4. The molecule has 0 spiro atoms. The predicted molar refractivity (Wildman–Crippen MR) is 112 cm³/mol. The summed E-state index contributed by atoms with van der Waals surface area (Å²) in [6.45, 7) is 6.85. The van der Waals surface area contributed by atoms with Gasteiger partial charge in [-0.25, -0.2) is 0 Å². The van der Waals surface area contributed by atoms with Gasteiger partial charge in [-0.15, -0.1) is 11.3 Å². The minimum atomic E-state index is 0.0366. The van der Waals surface area contributed by atoms with Crippen molar-refractivity contribution in [3.63, 3.8) is 0 Å². The van der Waals surface area contributed by atoms with E-state index in [0.29, 0.717) is 17.1 Å². The third kappa shape index (κ3) is 4.87. The third-order valence-electron chi connectivity index (χ3n) is 5.19. The van der Waals surface area contributed by atoms with Crippen molar-refractivity contribution in [3.05, 3.63) is 51.4 Å². The van der Waals surface area contributed by atoms with Gasteiger partial charge in [0.25, 0.3) is 5.91 Å². The molecule has 4 rings (SSSR count). The van der Waals surface area contributed by atoms with E-state index in [4.69, 9.17) is 21.1 Å². The second-order valence-electron chi connectivity index (χ2n) is 7.16. The van der Waals surface area contributed by atoms with Crippen molar-refractivity contribution in [2.24, 2.45) is 0 Å². The zero-order valence-corrected chi connectivity index (χ0v) is 17.4. The molecule has 1 aromatic heterocycles. The molecule has 2 aliphatic heterocycles. The van der Waals surface area contributed by atoms with E-state index >= 15 is 0 Å². The fourth-order valence-corrected chi connectivity index (χ4v) is 4.92. The van der Waals surface area contributed by atoms with Crippen LogP contribution in [0.4, 0.5) is 0 Å². The highest BCUT2D eigenvalue weighted by Crippen LogP contribution is 2.34. The Morgan fingerprint density at radius 2 is 2.07 bits per heavy atom. The maximum Gasteiger partial charge on any atom is 0.254 e. The number of carbonyl (C=O) groups excluding carboxylic acids is 1. The van der Waals surface area contributed by atoms with Crippen molar-refractivity contribution in [3.8, 4) is 5.06 Å². The zero-order chi connectivity index (χ0) is 19.3. The minimum absolute atomic E-state index is 0.0366. The van der Waals surface area contributed by atoms with Crippen LogP contribution in [0.2, 0.25) is 5.02 Å². The molecule has 0 N–H and O–H groups in total. The van der Waals surface area contributed by atoms with Crippen molar-refractivity contribution in [1.29, 1.82) is 0 Å². The largest absolute Gasteiger partial charge is 0.484 e. The number of hydrogen-bond acceptors (Lipinski definition) is 5. The van der Waals surface area contributed by atoms with Crippen LogP contribution in [0.25, 0.3) is 0 Å². The Balaban J connectivity index is 1.29. The lowest BCUT2D eigenvalue weighted by atomic mass is 10.1. The summed E-state index contributed by atoms with van der Waals surface area (Å²) in [5.74, 6) is 0.0366.